The number of carbonyl (C=O) groups excluding carboxylic acids is 5. The van der Waals surface area contributed by atoms with E-state index < -0.39 is 95.0 Å². The fourth-order valence-electron chi connectivity index (χ4n) is 13.5. The van der Waals surface area contributed by atoms with Crippen LogP contribution in [0, 0.1) is 54.6 Å². The summed E-state index contributed by atoms with van der Waals surface area (Å²) in [6, 6.07) is 7.10. The number of esters is 3. The maximum absolute atomic E-state index is 14.7. The topological polar surface area (TPSA) is 265 Å². The first-order chi connectivity index (χ1) is 46.7. The van der Waals surface area contributed by atoms with E-state index in [0.29, 0.717) is 110 Å². The number of rotatable bonds is 26. The molecule has 2 fully saturated rings. The van der Waals surface area contributed by atoms with Crippen molar-refractivity contribution in [2.45, 2.75) is 186 Å². The van der Waals surface area contributed by atoms with Crippen molar-refractivity contribution in [2.24, 2.45) is 0 Å². The molecule has 29 heteroatoms. The Balaban J connectivity index is 0.0000104. The lowest BCUT2D eigenvalue weighted by molar-refractivity contribution is -0.152. The van der Waals surface area contributed by atoms with E-state index >= 15 is 0 Å². The maximum atomic E-state index is 14.7. The molecule has 0 radical (unpaired) electrons. The normalized spacial score (nSPS) is 17.2. The summed E-state index contributed by atoms with van der Waals surface area (Å²) in [5.41, 5.74) is 4.23. The van der Waals surface area contributed by atoms with E-state index in [4.69, 9.17) is 28.5 Å². The third kappa shape index (κ3) is 16.6. The van der Waals surface area contributed by atoms with Crippen LogP contribution in [-0.4, -0.2) is 121 Å². The maximum Gasteiger partial charge on any atom is 0.334 e. The summed E-state index contributed by atoms with van der Waals surface area (Å²) >= 11 is 0. The average molecular weight is 1370 g/mol. The van der Waals surface area contributed by atoms with Crippen molar-refractivity contribution in [3.05, 3.63) is 143 Å². The first-order valence-corrected chi connectivity index (χ1v) is 33.1. The van der Waals surface area contributed by atoms with Gasteiger partial charge in [0.2, 0.25) is 46.6 Å². The van der Waals surface area contributed by atoms with Gasteiger partial charge in [-0.15, -0.1) is 0 Å². The molecule has 0 aliphatic carbocycles. The van der Waals surface area contributed by atoms with Crippen LogP contribution in [0.4, 0.5) is 30.7 Å². The monoisotopic (exact) mass is 1370 g/mol. The number of aromatic nitrogens is 6. The molecule has 0 saturated carbocycles. The number of carbonyl (C=O) groups is 5. The lowest BCUT2D eigenvalue weighted by atomic mass is 9.91. The Morgan fingerprint density at radius 2 is 1.02 bits per heavy atom. The second-order valence-electron chi connectivity index (χ2n) is 25.4. The predicted molar refractivity (Wildman–Crippen MR) is 340 cm³/mol. The zero-order valence-electron chi connectivity index (χ0n) is 53.8. The van der Waals surface area contributed by atoms with E-state index in [2.05, 4.69) is 35.5 Å². The molecule has 4 aromatic heterocycles. The quantitative estimate of drug-likeness (QED) is 0.0127. The van der Waals surface area contributed by atoms with Crippen LogP contribution in [0.2, 0.25) is 0 Å². The van der Waals surface area contributed by atoms with Gasteiger partial charge < -0.3 is 43.7 Å². The Hall–Kier alpha value is -8.86. The number of ether oxygens (including phenoxy) is 3. The zero-order valence-corrected chi connectivity index (χ0v) is 53.8. The van der Waals surface area contributed by atoms with Crippen LogP contribution in [0.5, 0.6) is 5.75 Å². The van der Waals surface area contributed by atoms with Gasteiger partial charge in [0.15, 0.2) is 35.0 Å². The van der Waals surface area contributed by atoms with Crippen LogP contribution in [0.3, 0.4) is 0 Å². The summed E-state index contributed by atoms with van der Waals surface area (Å²) in [7, 11) is 0. The van der Waals surface area contributed by atoms with Gasteiger partial charge in [0.05, 0.1) is 11.4 Å². The molecule has 4 aliphatic rings. The molecule has 22 nitrogen and oxygen atoms in total. The number of nitrogens with zero attached hydrogens (tertiary/aromatic N) is 8. The van der Waals surface area contributed by atoms with Gasteiger partial charge in [0, 0.05) is 116 Å². The van der Waals surface area contributed by atoms with Crippen molar-refractivity contribution in [1.29, 1.82) is 0 Å². The van der Waals surface area contributed by atoms with E-state index in [1.807, 2.05) is 0 Å². The van der Waals surface area contributed by atoms with Crippen LogP contribution >= 0.6 is 0 Å². The van der Waals surface area contributed by atoms with Gasteiger partial charge in [-0.05, 0) is 161 Å². The smallest absolute Gasteiger partial charge is 0.334 e. The summed E-state index contributed by atoms with van der Waals surface area (Å²) in [6.07, 6.45) is 3.40. The molecule has 8 heterocycles. The van der Waals surface area contributed by atoms with E-state index in [1.165, 1.54) is 28.8 Å². The summed E-state index contributed by atoms with van der Waals surface area (Å²) in [5.74, 6) is -17.9. The lowest BCUT2D eigenvalue weighted by Crippen LogP contribution is -2.43. The van der Waals surface area contributed by atoms with Crippen molar-refractivity contribution in [1.82, 2.24) is 49.8 Å². The predicted octanol–water partition coefficient (Wildman–Crippen LogP) is 10.3. The SMILES string of the molecule is C.Cc1nc2n(c(=O)c1CCN1CCC(c3noc4cc(F)ccc34)CC1)CCCC2OC(=O)CCCC(=O)NCCCCC(NC(=O)CCCC(=O)OC1CCCn2c1nc(C)c(CCN1CCC(c3noc4cc(F)ccc34)CC1)c2=O)C(=O)Oc1c(F)c(F)c(F)c(F)c1F. The van der Waals surface area contributed by atoms with Gasteiger partial charge in [-0.3, -0.25) is 37.9 Å². The van der Waals surface area contributed by atoms with Gasteiger partial charge in [-0.25, -0.2) is 36.7 Å². The van der Waals surface area contributed by atoms with Gasteiger partial charge in [0.25, 0.3) is 11.1 Å². The second-order valence-corrected chi connectivity index (χ2v) is 25.4. The molecule has 2 amide bonds. The molecule has 3 aromatic carbocycles. The number of hydrogen-bond acceptors (Lipinski definition) is 18. The highest BCUT2D eigenvalue weighted by atomic mass is 19.2. The molecular formula is C69H79F7N10O12. The summed E-state index contributed by atoms with van der Waals surface area (Å²) in [6.45, 7) is 8.59. The number of nitrogens with one attached hydrogen (secondary N) is 2. The van der Waals surface area contributed by atoms with E-state index in [0.717, 1.165) is 74.0 Å². The first kappa shape index (κ1) is 71.9. The summed E-state index contributed by atoms with van der Waals surface area (Å²) in [5, 5.41) is 15.1. The highest BCUT2D eigenvalue weighted by Gasteiger charge is 2.35. The van der Waals surface area contributed by atoms with Gasteiger partial charge in [-0.1, -0.05) is 17.7 Å². The zero-order chi connectivity index (χ0) is 68.6. The van der Waals surface area contributed by atoms with E-state index in [9.17, 15) is 64.3 Å². The lowest BCUT2D eigenvalue weighted by Gasteiger charge is -2.31. The third-order valence-electron chi connectivity index (χ3n) is 18.8. The molecule has 2 N–H and O–H groups in total. The Morgan fingerprint density at radius 1 is 0.571 bits per heavy atom. The number of piperidine rings is 2. The van der Waals surface area contributed by atoms with Crippen LogP contribution in [-0.2, 0) is 59.4 Å². The fourth-order valence-corrected chi connectivity index (χ4v) is 13.5. The minimum absolute atomic E-state index is 0. The molecule has 526 valence electrons. The standard InChI is InChI=1S/C68H75F7N10O12.CH4/c1-37-43(24-33-82-29-20-39(21-30-82)61-45-18-16-41(69)35-50(45)96-80-61)66(90)84-27-7-10-48(64(84)77-37)93-54(88)14-5-12-52(86)76-26-4-3-9-47(68(92)95-63-59(74)57(72)56(71)58(73)60(63)75)79-53(87)13-6-15-55(89)94-49-11-8-28-85-65(49)78-38(2)44(67(85)91)25-34-83-31-22-40(23-32-83)62-46-19-17-42(70)36-51(46)97-81-62;/h16-19,35-36,39-40,47-49H,3-15,20-34H2,1-2H3,(H,76,86)(H,79,87);1H4. The van der Waals surface area contributed by atoms with Gasteiger partial charge >= 0.3 is 17.9 Å². The minimum Gasteiger partial charge on any atom is -0.454 e. The highest BCUT2D eigenvalue weighted by molar-refractivity contribution is 5.86. The number of aryl methyl sites for hydroxylation is 2. The van der Waals surface area contributed by atoms with Crippen LogP contribution < -0.4 is 26.5 Å². The first-order valence-electron chi connectivity index (χ1n) is 33.1. The number of unbranched alkanes of at least 4 members (excludes halogenated alkanes) is 1. The number of likely N-dealkylation sites (tertiary alicyclic amines) is 2. The number of benzene rings is 3. The number of halogens is 7. The summed E-state index contributed by atoms with van der Waals surface area (Å²) < 4.78 is 129. The van der Waals surface area contributed by atoms with Crippen molar-refractivity contribution in [2.75, 3.05) is 45.8 Å². The van der Waals surface area contributed by atoms with Crippen molar-refractivity contribution >= 4 is 51.7 Å². The highest BCUT2D eigenvalue weighted by Crippen LogP contribution is 2.36. The van der Waals surface area contributed by atoms with Crippen LogP contribution in [0.25, 0.3) is 21.9 Å². The van der Waals surface area contributed by atoms with Crippen molar-refractivity contribution in [3.8, 4) is 5.75 Å². The summed E-state index contributed by atoms with van der Waals surface area (Å²) in [4.78, 5) is 108. The Kier molecular flexibility index (Phi) is 23.6. The van der Waals surface area contributed by atoms with E-state index in [-0.39, 0.29) is 94.1 Å². The second kappa shape index (κ2) is 32.2. The van der Waals surface area contributed by atoms with E-state index in [1.54, 1.807) is 30.5 Å². The van der Waals surface area contributed by atoms with Crippen molar-refractivity contribution < 1.29 is 78.0 Å². The minimum atomic E-state index is -2.48. The molecule has 11 rings (SSSR count). The van der Waals surface area contributed by atoms with Gasteiger partial charge in [0.1, 0.15) is 17.7 Å². The Morgan fingerprint density at radius 3 is 1.49 bits per heavy atom. The molecule has 4 aliphatic heterocycles. The van der Waals surface area contributed by atoms with Crippen LogP contribution in [0.15, 0.2) is 55.0 Å². The molecule has 3 atom stereocenters. The number of fused-ring (bicyclic) bond motifs is 4. The third-order valence-corrected chi connectivity index (χ3v) is 18.8. The molecule has 2 saturated heterocycles. The van der Waals surface area contributed by atoms with Gasteiger partial charge in [-0.2, -0.15) is 8.78 Å². The molecule has 7 aromatic rings. The average Bonchev–Trinajstić information content (AvgIpc) is 1.02. The number of amides is 2. The fraction of sp³-hybridized carbons (Fsp3) is 0.522. The van der Waals surface area contributed by atoms with Crippen LogP contribution in [0.1, 0.15) is 186 Å². The number of hydrogen-bond donors (Lipinski definition) is 2. The molecular weight excluding hydrogens is 1290 g/mol. The molecule has 98 heavy (non-hydrogen) atoms. The Bertz CT molecular complexity index is 4190. The molecule has 0 spiro atoms. The molecule has 3 unspecified atom stereocenters. The largest absolute Gasteiger partial charge is 0.454 e. The Labute approximate surface area is 558 Å². The molecule has 0 bridgehead atoms. The van der Waals surface area contributed by atoms with Crippen molar-refractivity contribution in [3.63, 3.8) is 0 Å².